The minimum absolute atomic E-state index is 0. The van der Waals surface area contributed by atoms with Crippen molar-refractivity contribution in [1.29, 1.82) is 0 Å². The van der Waals surface area contributed by atoms with E-state index in [2.05, 4.69) is 0 Å². The van der Waals surface area contributed by atoms with Crippen LogP contribution in [0.3, 0.4) is 0 Å². The van der Waals surface area contributed by atoms with Crippen LogP contribution in [0.2, 0.25) is 0 Å². The third-order valence-electron chi connectivity index (χ3n) is 0. The van der Waals surface area contributed by atoms with E-state index >= 15 is 0 Å². The monoisotopic (exact) mass is 104 g/mol. The van der Waals surface area contributed by atoms with Crippen LogP contribution < -0.4 is 0 Å². The molecule has 0 heterocycles. The Morgan fingerprint density at radius 2 is 1.20 bits per heavy atom. The van der Waals surface area contributed by atoms with Gasteiger partial charge in [0.05, 0.1) is 0 Å². The summed E-state index contributed by atoms with van der Waals surface area (Å²) in [5.41, 5.74) is 0. The number of aliphatic hydroxyl groups excluding tert-OH is 1. The Hall–Kier alpha value is 1.14. The molecule has 0 saturated heterocycles. The predicted molar refractivity (Wildman–Crippen MR) is 15.9 cm³/mol. The molecule has 4 heteroatoms. The molecule has 0 unspecified atom stereocenters. The third kappa shape index (κ3) is 39.0. The van der Waals surface area contributed by atoms with Crippen molar-refractivity contribution in [2.24, 2.45) is 0 Å². The van der Waals surface area contributed by atoms with Gasteiger partial charge in [-0.2, -0.15) is 0 Å². The largest absolute Gasteiger partial charge is 2.00 e. The minimum Gasteiger partial charge on any atom is -1.00 e. The molecule has 0 aromatic rings. The van der Waals surface area contributed by atoms with Crippen LogP contribution in [0, 0.1) is 6.48 Å². The van der Waals surface area contributed by atoms with Crippen molar-refractivity contribution >= 4 is 37.7 Å². The van der Waals surface area contributed by atoms with Gasteiger partial charge >= 0.3 is 37.7 Å². The Kier molecular flexibility index (Phi) is 9.73. The van der Waals surface area contributed by atoms with Crippen LogP contribution in [0.1, 0.15) is 1.43 Å². The average molecular weight is 104 g/mol. The van der Waals surface area contributed by atoms with Crippen molar-refractivity contribution < 1.29 is 16.7 Å². The zero-order chi connectivity index (χ0) is 3.58. The van der Waals surface area contributed by atoms with Gasteiger partial charge in [0.15, 0.2) is 0 Å². The van der Waals surface area contributed by atoms with E-state index in [9.17, 15) is 0 Å². The number of rotatable bonds is 0. The second-order valence-corrected chi connectivity index (χ2v) is 0.300. The van der Waals surface area contributed by atoms with E-state index < -0.39 is 6.48 Å². The molecule has 0 aliphatic rings. The van der Waals surface area contributed by atoms with E-state index in [1.54, 1.807) is 0 Å². The molecule has 0 aromatic heterocycles. The summed E-state index contributed by atoms with van der Waals surface area (Å²) >= 11 is 0. The van der Waals surface area contributed by atoms with E-state index in [1.165, 1.54) is 0 Å². The molecule has 0 aliphatic carbocycles. The molecule has 0 saturated carbocycles. The molecule has 0 amide bonds. The first kappa shape index (κ1) is 9.46. The summed E-state index contributed by atoms with van der Waals surface area (Å²) in [6.45, 7) is -1.58. The van der Waals surface area contributed by atoms with Crippen molar-refractivity contribution in [2.75, 3.05) is 0 Å². The summed E-state index contributed by atoms with van der Waals surface area (Å²) in [6, 6.07) is 0. The normalized spacial score (nSPS) is 7.20. The molecule has 0 rings (SSSR count). The first-order valence-corrected chi connectivity index (χ1v) is 0.671. The molecular formula is CH4CaO3. The Morgan fingerprint density at radius 3 is 1.20 bits per heavy atom. The van der Waals surface area contributed by atoms with Crippen LogP contribution in [-0.4, -0.2) is 53.1 Å². The van der Waals surface area contributed by atoms with Gasteiger partial charge in [0.1, 0.15) is 0 Å². The molecule has 0 aliphatic heterocycles. The quantitative estimate of drug-likeness (QED) is 0.281. The van der Waals surface area contributed by atoms with Crippen molar-refractivity contribution in [3.63, 3.8) is 0 Å². The Labute approximate surface area is 60.7 Å². The molecule has 0 bridgehead atoms. The second-order valence-electron chi connectivity index (χ2n) is 0.300. The smallest absolute Gasteiger partial charge is 1.00 e. The van der Waals surface area contributed by atoms with Gasteiger partial charge in [-0.1, -0.05) is 0 Å². The fourth-order valence-electron chi connectivity index (χ4n) is 0. The first-order chi connectivity index (χ1) is 1.73. The van der Waals surface area contributed by atoms with Crippen LogP contribution in [-0.2, 0) is 0 Å². The van der Waals surface area contributed by atoms with Gasteiger partial charge in [0.2, 0.25) is 0 Å². The van der Waals surface area contributed by atoms with Gasteiger partial charge in [-0.3, -0.25) is 0 Å². The van der Waals surface area contributed by atoms with Crippen molar-refractivity contribution in [2.45, 2.75) is 0 Å². The summed E-state index contributed by atoms with van der Waals surface area (Å²) in [7, 11) is 0. The summed E-state index contributed by atoms with van der Waals surface area (Å²) in [6.07, 6.45) is 0. The Balaban J connectivity index is -0.0000000450. The maximum atomic E-state index is 7.08. The molecule has 0 fully saturated rings. The molecule has 28 valence electrons. The van der Waals surface area contributed by atoms with E-state index in [0.717, 1.165) is 0 Å². The Bertz CT molecular complexity index is 15.5. The SMILES string of the molecule is O[C-](O)O.[Ca+2].[H-]. The molecular weight excluding hydrogens is 100 g/mol. The molecule has 0 spiro atoms. The molecule has 0 atom stereocenters. The summed E-state index contributed by atoms with van der Waals surface area (Å²) in [4.78, 5) is 0. The zero-order valence-corrected chi connectivity index (χ0v) is 4.76. The average Bonchev–Trinajstić information content (AvgIpc) is 0.811. The predicted octanol–water partition coefficient (Wildman–Crippen LogP) is -0.717. The van der Waals surface area contributed by atoms with E-state index in [0.29, 0.717) is 0 Å². The van der Waals surface area contributed by atoms with Crippen LogP contribution >= 0.6 is 0 Å². The molecule has 3 nitrogen and oxygen atoms in total. The summed E-state index contributed by atoms with van der Waals surface area (Å²) < 4.78 is 0. The standard InChI is InChI=1S/CH3O3.Ca.H/c2-1(3)4;;/h2-4H;;/q-1;+2;-1. The van der Waals surface area contributed by atoms with Crippen LogP contribution in [0.5, 0.6) is 0 Å². The first-order valence-electron chi connectivity index (χ1n) is 0.671. The Morgan fingerprint density at radius 1 is 1.20 bits per heavy atom. The topological polar surface area (TPSA) is 60.7 Å². The van der Waals surface area contributed by atoms with Gasteiger partial charge in [-0.05, 0) is 0 Å². The second kappa shape index (κ2) is 5.14. The van der Waals surface area contributed by atoms with Crippen LogP contribution in [0.4, 0.5) is 0 Å². The summed E-state index contributed by atoms with van der Waals surface area (Å²) in [5.74, 6) is 0. The fraction of sp³-hybridized carbons (Fsp3) is 0. The van der Waals surface area contributed by atoms with E-state index in [1.807, 2.05) is 0 Å². The van der Waals surface area contributed by atoms with Gasteiger partial charge in [-0.25, -0.2) is 0 Å². The number of aliphatic hydroxyl groups is 3. The maximum absolute atomic E-state index is 7.08. The van der Waals surface area contributed by atoms with Gasteiger partial charge < -0.3 is 16.7 Å². The molecule has 3 N–H and O–H groups in total. The zero-order valence-electron chi connectivity index (χ0n) is 3.55. The van der Waals surface area contributed by atoms with E-state index in [-0.39, 0.29) is 39.2 Å². The van der Waals surface area contributed by atoms with Gasteiger partial charge in [-0.15, -0.1) is 0 Å². The molecule has 0 aromatic carbocycles. The van der Waals surface area contributed by atoms with Crippen LogP contribution in [0.15, 0.2) is 0 Å². The minimum atomic E-state index is -1.58. The van der Waals surface area contributed by atoms with Crippen LogP contribution in [0.25, 0.3) is 0 Å². The van der Waals surface area contributed by atoms with Gasteiger partial charge in [0, 0.05) is 6.48 Å². The summed E-state index contributed by atoms with van der Waals surface area (Å²) in [5, 5.41) is 21.2. The molecule has 0 radical (unpaired) electrons. The number of hydrogen-bond acceptors (Lipinski definition) is 3. The fourth-order valence-corrected chi connectivity index (χ4v) is 0. The van der Waals surface area contributed by atoms with Crippen molar-refractivity contribution in [3.8, 4) is 0 Å². The third-order valence-corrected chi connectivity index (χ3v) is 0. The number of hydrogen-bond donors (Lipinski definition) is 3. The molecule has 5 heavy (non-hydrogen) atoms. The van der Waals surface area contributed by atoms with Gasteiger partial charge in [0.25, 0.3) is 0 Å². The van der Waals surface area contributed by atoms with Crippen molar-refractivity contribution in [3.05, 3.63) is 6.48 Å². The maximum Gasteiger partial charge on any atom is 2.00 e. The van der Waals surface area contributed by atoms with E-state index in [4.69, 9.17) is 15.3 Å². The van der Waals surface area contributed by atoms with Crippen molar-refractivity contribution in [1.82, 2.24) is 0 Å².